The molecule has 6 heterocycles. The van der Waals surface area contributed by atoms with Crippen molar-refractivity contribution in [2.75, 3.05) is 39.2 Å². The average molecular weight is 954 g/mol. The van der Waals surface area contributed by atoms with Gasteiger partial charge in [0.1, 0.15) is 28.2 Å². The number of primary amides is 2. The predicted molar refractivity (Wildman–Crippen MR) is 256 cm³/mol. The number of carbonyl (C=O) groups excluding carboxylic acids is 6. The first-order chi connectivity index (χ1) is 33.6. The number of amides is 6. The van der Waals surface area contributed by atoms with E-state index in [-0.39, 0.29) is 79.2 Å². The van der Waals surface area contributed by atoms with Crippen LogP contribution in [0.2, 0.25) is 0 Å². The first kappa shape index (κ1) is 47.8. The second-order valence-electron chi connectivity index (χ2n) is 16.5. The van der Waals surface area contributed by atoms with Crippen molar-refractivity contribution in [3.63, 3.8) is 0 Å². The quantitative estimate of drug-likeness (QED) is 0.0548. The van der Waals surface area contributed by atoms with E-state index in [9.17, 15) is 28.8 Å². The summed E-state index contributed by atoms with van der Waals surface area (Å²) in [6.07, 6.45) is 6.85. The maximum atomic E-state index is 13.9. The van der Waals surface area contributed by atoms with Gasteiger partial charge < -0.3 is 39.4 Å². The van der Waals surface area contributed by atoms with Gasteiger partial charge in [-0.25, -0.2) is 9.97 Å². The summed E-state index contributed by atoms with van der Waals surface area (Å²) in [7, 11) is 3.11. The molecule has 0 unspecified atom stereocenters. The lowest BCUT2D eigenvalue weighted by atomic mass is 10.1. The standard InChI is InChI=1S/C48H51N13O9/c1-7-31-44(70-27(4)51-31)47(67)53-48-52-33-22-29(46(50)66)24-37(69-19-11-15-57(5)38(62)14-18-59-39(63)12-13-40(59)64)43(33)60(48)17-10-9-16-58-35-25-32(34-20-26(3)56-61(34)8-2)54-55-41(35)30-21-28(45(49)65)23-36(68-6)42(30)58/h9-10,12-13,20-25H,7-8,11,14-19H2,1-6H3,(H2,49,65)(H2,50,66)(H,52,53,67)/b10-9+. The topological polar surface area (TPSA) is 284 Å². The number of methoxy groups -OCH3 is 1. The number of rotatable bonds is 20. The van der Waals surface area contributed by atoms with Crippen LogP contribution in [0.4, 0.5) is 5.95 Å². The van der Waals surface area contributed by atoms with Crippen molar-refractivity contribution >= 4 is 74.4 Å². The zero-order valence-corrected chi connectivity index (χ0v) is 39.4. The van der Waals surface area contributed by atoms with Crippen LogP contribution in [0.1, 0.15) is 75.2 Å². The van der Waals surface area contributed by atoms with Gasteiger partial charge in [-0.1, -0.05) is 19.1 Å². The summed E-state index contributed by atoms with van der Waals surface area (Å²) in [6.45, 7) is 8.68. The van der Waals surface area contributed by atoms with E-state index in [2.05, 4.69) is 25.6 Å². The van der Waals surface area contributed by atoms with Crippen LogP contribution >= 0.6 is 0 Å². The number of imide groups is 1. The van der Waals surface area contributed by atoms with Gasteiger partial charge in [-0.05, 0) is 63.1 Å². The van der Waals surface area contributed by atoms with Crippen molar-refractivity contribution in [3.8, 4) is 22.9 Å². The minimum atomic E-state index is -0.737. The lowest BCUT2D eigenvalue weighted by Crippen LogP contribution is -2.36. The van der Waals surface area contributed by atoms with Crippen LogP contribution in [0, 0.1) is 13.8 Å². The third-order valence-corrected chi connectivity index (χ3v) is 11.8. The van der Waals surface area contributed by atoms with Gasteiger partial charge in [0.15, 0.2) is 5.89 Å². The number of anilines is 1. The predicted octanol–water partition coefficient (Wildman–Crippen LogP) is 4.24. The lowest BCUT2D eigenvalue weighted by Gasteiger charge is -2.19. The number of fused-ring (bicyclic) bond motifs is 4. The van der Waals surface area contributed by atoms with Crippen molar-refractivity contribution in [3.05, 3.63) is 94.9 Å². The number of hydrogen-bond donors (Lipinski definition) is 3. The van der Waals surface area contributed by atoms with Gasteiger partial charge in [-0.2, -0.15) is 5.10 Å². The second kappa shape index (κ2) is 19.9. The minimum Gasteiger partial charge on any atom is -0.495 e. The molecule has 362 valence electrons. The van der Waals surface area contributed by atoms with Crippen molar-refractivity contribution < 1.29 is 42.7 Å². The van der Waals surface area contributed by atoms with Gasteiger partial charge in [0, 0.05) is 81.8 Å². The third kappa shape index (κ3) is 9.42. The highest BCUT2D eigenvalue weighted by atomic mass is 16.5. The molecule has 22 heteroatoms. The summed E-state index contributed by atoms with van der Waals surface area (Å²) in [5.41, 5.74) is 17.1. The largest absolute Gasteiger partial charge is 0.495 e. The summed E-state index contributed by atoms with van der Waals surface area (Å²) < 4.78 is 23.4. The van der Waals surface area contributed by atoms with Crippen LogP contribution in [0.15, 0.2) is 65.1 Å². The molecule has 22 nitrogen and oxygen atoms in total. The van der Waals surface area contributed by atoms with Crippen LogP contribution in [-0.4, -0.2) is 118 Å². The Bertz CT molecular complexity index is 3300. The molecule has 2 aromatic carbocycles. The zero-order chi connectivity index (χ0) is 50.0. The Labute approximate surface area is 399 Å². The number of carbonyl (C=O) groups is 6. The Hall–Kier alpha value is -8.69. The summed E-state index contributed by atoms with van der Waals surface area (Å²) in [5.74, 6) is -2.10. The molecule has 0 fully saturated rings. The summed E-state index contributed by atoms with van der Waals surface area (Å²) in [4.78, 5) is 87.4. The van der Waals surface area contributed by atoms with Gasteiger partial charge in [0.05, 0.1) is 47.3 Å². The zero-order valence-electron chi connectivity index (χ0n) is 39.4. The van der Waals surface area contributed by atoms with E-state index < -0.39 is 29.5 Å². The number of ether oxygens (including phenoxy) is 2. The fraction of sp³-hybridized carbons (Fsp3) is 0.312. The molecule has 5 N–H and O–H groups in total. The smallest absolute Gasteiger partial charge is 0.295 e. The van der Waals surface area contributed by atoms with Gasteiger partial charge in [-0.15, -0.1) is 10.2 Å². The molecule has 6 amide bonds. The monoisotopic (exact) mass is 953 g/mol. The van der Waals surface area contributed by atoms with E-state index in [1.807, 2.05) is 54.3 Å². The molecule has 0 aliphatic carbocycles. The van der Waals surface area contributed by atoms with E-state index in [0.717, 1.165) is 16.3 Å². The van der Waals surface area contributed by atoms with Gasteiger partial charge in [0.25, 0.3) is 17.7 Å². The molecular weight excluding hydrogens is 903 g/mol. The molecule has 1 aliphatic heterocycles. The Kier molecular flexibility index (Phi) is 13.6. The highest BCUT2D eigenvalue weighted by Crippen LogP contribution is 2.37. The van der Waals surface area contributed by atoms with Crippen LogP contribution in [-0.2, 0) is 40.4 Å². The molecule has 70 heavy (non-hydrogen) atoms. The maximum absolute atomic E-state index is 13.9. The molecule has 0 radical (unpaired) electrons. The Morgan fingerprint density at radius 2 is 1.57 bits per heavy atom. The molecule has 0 atom stereocenters. The molecule has 0 bridgehead atoms. The number of oxazole rings is 1. The first-order valence-corrected chi connectivity index (χ1v) is 22.5. The number of aromatic nitrogens is 8. The Balaban J connectivity index is 1.13. The van der Waals surface area contributed by atoms with Crippen molar-refractivity contribution in [1.82, 2.24) is 48.9 Å². The van der Waals surface area contributed by atoms with E-state index in [0.29, 0.717) is 69.9 Å². The number of imidazole rings is 1. The summed E-state index contributed by atoms with van der Waals surface area (Å²) >= 11 is 0. The fourth-order valence-electron chi connectivity index (χ4n) is 8.39. The van der Waals surface area contributed by atoms with Crippen LogP contribution in [0.5, 0.6) is 11.5 Å². The molecular formula is C48H51N13O9. The normalized spacial score (nSPS) is 12.6. The second-order valence-corrected chi connectivity index (χ2v) is 16.5. The number of nitrogens with one attached hydrogen (secondary N) is 1. The van der Waals surface area contributed by atoms with Gasteiger partial charge in [-0.3, -0.25) is 43.7 Å². The SMILES string of the molecule is CCc1nc(C)oc1C(=O)Nc1nc2cc(C(N)=O)cc(OCCCN(C)C(=O)CCN3C(=O)C=CC3=O)c2n1C/C=C/Cn1c2cc(-c3cc(C)nn3CC)nnc2c2cc(C(N)=O)cc(OC)c21. The highest BCUT2D eigenvalue weighted by molar-refractivity contribution is 6.13. The number of hydrogen-bond acceptors (Lipinski definition) is 14. The highest BCUT2D eigenvalue weighted by Gasteiger charge is 2.26. The van der Waals surface area contributed by atoms with Gasteiger partial charge >= 0.3 is 0 Å². The molecule has 5 aromatic heterocycles. The number of benzene rings is 2. The molecule has 8 rings (SSSR count). The van der Waals surface area contributed by atoms with E-state index in [4.69, 9.17) is 30.3 Å². The number of allylic oxidation sites excluding steroid dienone is 2. The molecule has 0 saturated heterocycles. The fourth-order valence-corrected chi connectivity index (χ4v) is 8.39. The van der Waals surface area contributed by atoms with E-state index >= 15 is 0 Å². The Morgan fingerprint density at radius 3 is 2.26 bits per heavy atom. The van der Waals surface area contributed by atoms with Crippen LogP contribution < -0.4 is 26.3 Å². The third-order valence-electron chi connectivity index (χ3n) is 11.8. The summed E-state index contributed by atoms with van der Waals surface area (Å²) in [6, 6.07) is 10.1. The average Bonchev–Trinajstić information content (AvgIpc) is 4.16. The molecule has 7 aromatic rings. The molecule has 0 spiro atoms. The first-order valence-electron chi connectivity index (χ1n) is 22.5. The lowest BCUT2D eigenvalue weighted by molar-refractivity contribution is -0.138. The molecule has 1 aliphatic rings. The number of nitrogens with two attached hydrogens (primary N) is 2. The maximum Gasteiger partial charge on any atom is 0.295 e. The molecule has 0 saturated carbocycles. The number of nitrogens with zero attached hydrogens (tertiary/aromatic N) is 10. The van der Waals surface area contributed by atoms with E-state index in [1.165, 1.54) is 36.3 Å². The van der Waals surface area contributed by atoms with E-state index in [1.54, 1.807) is 30.7 Å². The van der Waals surface area contributed by atoms with Gasteiger partial charge in [0.2, 0.25) is 29.4 Å². The van der Waals surface area contributed by atoms with Crippen molar-refractivity contribution in [1.29, 1.82) is 0 Å². The number of aryl methyl sites for hydroxylation is 4. The Morgan fingerprint density at radius 1 is 0.871 bits per heavy atom. The minimum absolute atomic E-state index is 0.0248. The van der Waals surface area contributed by atoms with Crippen LogP contribution in [0.3, 0.4) is 0 Å². The van der Waals surface area contributed by atoms with Crippen molar-refractivity contribution in [2.24, 2.45) is 11.5 Å². The van der Waals surface area contributed by atoms with Crippen molar-refractivity contribution in [2.45, 2.75) is 66.6 Å². The summed E-state index contributed by atoms with van der Waals surface area (Å²) in [5, 5.41) is 17.3. The van der Waals surface area contributed by atoms with Crippen LogP contribution in [0.25, 0.3) is 44.4 Å².